The number of rotatable bonds is 6. The van der Waals surface area contributed by atoms with E-state index in [1.165, 1.54) is 6.07 Å². The van der Waals surface area contributed by atoms with Crippen LogP contribution in [0.5, 0.6) is 0 Å². The van der Waals surface area contributed by atoms with Crippen molar-refractivity contribution in [3.05, 3.63) is 45.3 Å². The van der Waals surface area contributed by atoms with Gasteiger partial charge in [-0.05, 0) is 37.6 Å². The largest absolute Gasteiger partial charge is 0.422 e. The molecular weight excluding hydrogens is 294 g/mol. The average Bonchev–Trinajstić information content (AvgIpc) is 2.46. The van der Waals surface area contributed by atoms with Gasteiger partial charge in [0.25, 0.3) is 5.91 Å². The van der Waals surface area contributed by atoms with Crippen LogP contribution >= 0.6 is 11.6 Å². The molecule has 0 saturated heterocycles. The van der Waals surface area contributed by atoms with Crippen molar-refractivity contribution in [1.82, 2.24) is 5.32 Å². The quantitative estimate of drug-likeness (QED) is 0.658. The third-order valence-electron chi connectivity index (χ3n) is 2.89. The van der Waals surface area contributed by atoms with Gasteiger partial charge in [0.15, 0.2) is 0 Å². The summed E-state index contributed by atoms with van der Waals surface area (Å²) in [4.78, 5) is 23.8. The Morgan fingerprint density at radius 1 is 1.38 bits per heavy atom. The Hall–Kier alpha value is -1.85. The first kappa shape index (κ1) is 15.5. The van der Waals surface area contributed by atoms with E-state index in [4.69, 9.17) is 20.8 Å². The first-order valence-electron chi connectivity index (χ1n) is 6.71. The first-order chi connectivity index (χ1) is 10.1. The van der Waals surface area contributed by atoms with Gasteiger partial charge in [0.2, 0.25) is 0 Å². The number of hydrogen-bond acceptors (Lipinski definition) is 4. The van der Waals surface area contributed by atoms with Crippen molar-refractivity contribution >= 4 is 28.5 Å². The van der Waals surface area contributed by atoms with E-state index in [0.29, 0.717) is 42.2 Å². The molecule has 2 rings (SSSR count). The topological polar surface area (TPSA) is 68.5 Å². The van der Waals surface area contributed by atoms with E-state index in [2.05, 4.69) is 5.32 Å². The number of hydrogen-bond donors (Lipinski definition) is 1. The number of benzene rings is 1. The smallest absolute Gasteiger partial charge is 0.349 e. The molecule has 1 amide bonds. The fourth-order valence-electron chi connectivity index (χ4n) is 1.87. The molecule has 5 nitrogen and oxygen atoms in total. The van der Waals surface area contributed by atoms with E-state index in [0.717, 1.165) is 0 Å². The van der Waals surface area contributed by atoms with Crippen molar-refractivity contribution in [1.29, 1.82) is 0 Å². The second-order valence-corrected chi connectivity index (χ2v) is 4.87. The van der Waals surface area contributed by atoms with E-state index in [1.54, 1.807) is 18.2 Å². The minimum Gasteiger partial charge on any atom is -0.422 e. The predicted molar refractivity (Wildman–Crippen MR) is 80.9 cm³/mol. The summed E-state index contributed by atoms with van der Waals surface area (Å²) in [5, 5.41) is 3.79. The zero-order valence-corrected chi connectivity index (χ0v) is 12.4. The molecule has 0 aliphatic rings. The van der Waals surface area contributed by atoms with E-state index < -0.39 is 11.5 Å². The molecule has 0 bridgehead atoms. The Bertz CT molecular complexity index is 696. The van der Waals surface area contributed by atoms with Crippen molar-refractivity contribution in [2.24, 2.45) is 0 Å². The molecular formula is C15H16ClNO4. The highest BCUT2D eigenvalue weighted by atomic mass is 35.5. The Morgan fingerprint density at radius 2 is 2.19 bits per heavy atom. The van der Waals surface area contributed by atoms with Crippen LogP contribution in [0, 0.1) is 0 Å². The molecule has 1 heterocycles. The number of nitrogens with one attached hydrogen (secondary N) is 1. The van der Waals surface area contributed by atoms with Crippen molar-refractivity contribution < 1.29 is 13.9 Å². The Kier molecular flexibility index (Phi) is 5.36. The third-order valence-corrected chi connectivity index (χ3v) is 3.13. The molecule has 0 fully saturated rings. The lowest BCUT2D eigenvalue weighted by Crippen LogP contribution is -2.29. The van der Waals surface area contributed by atoms with Gasteiger partial charge < -0.3 is 14.5 Å². The van der Waals surface area contributed by atoms with Crippen LogP contribution in [0.4, 0.5) is 0 Å². The fourth-order valence-corrected chi connectivity index (χ4v) is 2.05. The number of ether oxygens (including phenoxy) is 1. The predicted octanol–water partition coefficient (Wildman–Crippen LogP) is 2.60. The molecule has 1 aromatic heterocycles. The summed E-state index contributed by atoms with van der Waals surface area (Å²) < 4.78 is 10.3. The number of carbonyl (C=O) groups excluding carboxylic acids is 1. The lowest BCUT2D eigenvalue weighted by atomic mass is 10.2. The van der Waals surface area contributed by atoms with Crippen molar-refractivity contribution in [3.8, 4) is 0 Å². The SMILES string of the molecule is CCOCCCNC(=O)c1cc2cc(Cl)ccc2oc1=O. The number of fused-ring (bicyclic) bond motifs is 1. The zero-order valence-electron chi connectivity index (χ0n) is 11.6. The molecule has 0 unspecified atom stereocenters. The lowest BCUT2D eigenvalue weighted by Gasteiger charge is -2.05. The molecule has 112 valence electrons. The highest BCUT2D eigenvalue weighted by molar-refractivity contribution is 6.31. The maximum atomic E-state index is 12.0. The lowest BCUT2D eigenvalue weighted by molar-refractivity contribution is 0.0941. The molecule has 0 radical (unpaired) electrons. The molecule has 0 aliphatic heterocycles. The first-order valence-corrected chi connectivity index (χ1v) is 7.09. The van der Waals surface area contributed by atoms with Crippen molar-refractivity contribution in [2.75, 3.05) is 19.8 Å². The van der Waals surface area contributed by atoms with E-state index in [9.17, 15) is 9.59 Å². The third kappa shape index (κ3) is 4.06. The minimum absolute atomic E-state index is 0.0267. The van der Waals surface area contributed by atoms with Gasteiger partial charge >= 0.3 is 5.63 Å². The average molecular weight is 310 g/mol. The summed E-state index contributed by atoms with van der Waals surface area (Å²) in [7, 11) is 0. The van der Waals surface area contributed by atoms with Crippen LogP contribution < -0.4 is 10.9 Å². The number of halogens is 1. The van der Waals surface area contributed by atoms with Gasteiger partial charge in [0.05, 0.1) is 0 Å². The molecule has 0 aliphatic carbocycles. The Morgan fingerprint density at radius 3 is 2.95 bits per heavy atom. The van der Waals surface area contributed by atoms with Gasteiger partial charge in [-0.15, -0.1) is 0 Å². The van der Waals surface area contributed by atoms with Crippen molar-refractivity contribution in [3.63, 3.8) is 0 Å². The molecule has 0 saturated carbocycles. The minimum atomic E-state index is -0.660. The van der Waals surface area contributed by atoms with E-state index in [1.807, 2.05) is 6.92 Å². The van der Waals surface area contributed by atoms with Gasteiger partial charge in [-0.1, -0.05) is 11.6 Å². The highest BCUT2D eigenvalue weighted by Crippen LogP contribution is 2.18. The summed E-state index contributed by atoms with van der Waals surface area (Å²) in [6.07, 6.45) is 0.685. The van der Waals surface area contributed by atoms with Gasteiger partial charge in [0.1, 0.15) is 11.1 Å². The van der Waals surface area contributed by atoms with Crippen LogP contribution in [-0.2, 0) is 4.74 Å². The van der Waals surface area contributed by atoms with Gasteiger partial charge in [-0.25, -0.2) is 4.79 Å². The Labute approximate surface area is 126 Å². The summed E-state index contributed by atoms with van der Waals surface area (Å²) in [6, 6.07) is 6.36. The van der Waals surface area contributed by atoms with Crippen molar-refractivity contribution in [2.45, 2.75) is 13.3 Å². The summed E-state index contributed by atoms with van der Waals surface area (Å²) in [6.45, 7) is 3.55. The van der Waals surface area contributed by atoms with Crippen LogP contribution in [-0.4, -0.2) is 25.7 Å². The van der Waals surface area contributed by atoms with Gasteiger partial charge in [-0.2, -0.15) is 0 Å². The van der Waals surface area contributed by atoms with Gasteiger partial charge in [0, 0.05) is 30.2 Å². The second-order valence-electron chi connectivity index (χ2n) is 4.44. The van der Waals surface area contributed by atoms with Crippen LogP contribution in [0.15, 0.2) is 33.5 Å². The molecule has 1 aromatic carbocycles. The fraction of sp³-hybridized carbons (Fsp3) is 0.333. The van der Waals surface area contributed by atoms with Crippen LogP contribution in [0.2, 0.25) is 5.02 Å². The summed E-state index contributed by atoms with van der Waals surface area (Å²) >= 11 is 5.89. The summed E-state index contributed by atoms with van der Waals surface area (Å²) in [5.41, 5.74) is -0.286. The number of amides is 1. The monoisotopic (exact) mass is 309 g/mol. The zero-order chi connectivity index (χ0) is 15.2. The second kappa shape index (κ2) is 7.24. The van der Waals surface area contributed by atoms with Crippen LogP contribution in [0.3, 0.4) is 0 Å². The maximum absolute atomic E-state index is 12.0. The standard InChI is InChI=1S/C15H16ClNO4/c1-2-20-7-3-6-17-14(18)12-9-10-8-11(16)4-5-13(10)21-15(12)19/h4-5,8-9H,2-3,6-7H2,1H3,(H,17,18). The van der Waals surface area contributed by atoms with E-state index >= 15 is 0 Å². The van der Waals surface area contributed by atoms with Crippen LogP contribution in [0.1, 0.15) is 23.7 Å². The number of carbonyl (C=O) groups is 1. The normalized spacial score (nSPS) is 10.8. The summed E-state index contributed by atoms with van der Waals surface area (Å²) in [5.74, 6) is -0.456. The molecule has 0 atom stereocenters. The highest BCUT2D eigenvalue weighted by Gasteiger charge is 2.13. The molecule has 0 spiro atoms. The van der Waals surface area contributed by atoms with Gasteiger partial charge in [-0.3, -0.25) is 4.79 Å². The Balaban J connectivity index is 2.11. The van der Waals surface area contributed by atoms with E-state index in [-0.39, 0.29) is 5.56 Å². The molecule has 6 heteroatoms. The molecule has 2 aromatic rings. The maximum Gasteiger partial charge on any atom is 0.349 e. The molecule has 1 N–H and O–H groups in total. The van der Waals surface area contributed by atoms with Crippen LogP contribution in [0.25, 0.3) is 11.0 Å². The molecule has 21 heavy (non-hydrogen) atoms.